The zero-order chi connectivity index (χ0) is 9.35. The Kier molecular flexibility index (Phi) is 2.61. The predicted octanol–water partition coefficient (Wildman–Crippen LogP) is 1.97. The summed E-state index contributed by atoms with van der Waals surface area (Å²) in [4.78, 5) is 3.61. The van der Waals surface area contributed by atoms with Crippen molar-refractivity contribution in [2.24, 2.45) is 0 Å². The summed E-state index contributed by atoms with van der Waals surface area (Å²) < 4.78 is 21.6. The average Bonchev–Trinajstić information content (AvgIpc) is 1.92. The Hall–Kier alpha value is -0.320. The molecule has 66 valence electrons. The van der Waals surface area contributed by atoms with E-state index >= 15 is 0 Å². The van der Waals surface area contributed by atoms with Crippen LogP contribution in [-0.2, 0) is 9.05 Å². The molecule has 3 nitrogen and oxygen atoms in total. The standard InChI is InChI=1S/C6H5Cl2NO2S/c1-4-2-5(12(8,10)11)3-9-6(4)7/h2-3H,1H3. The number of aromatic nitrogens is 1. The molecule has 0 bridgehead atoms. The van der Waals surface area contributed by atoms with E-state index in [0.29, 0.717) is 5.56 Å². The summed E-state index contributed by atoms with van der Waals surface area (Å²) in [5, 5.41) is 0.277. The molecule has 0 fully saturated rings. The number of hydrogen-bond donors (Lipinski definition) is 0. The first kappa shape index (κ1) is 9.77. The van der Waals surface area contributed by atoms with Crippen LogP contribution in [0.3, 0.4) is 0 Å². The quantitative estimate of drug-likeness (QED) is 0.543. The van der Waals surface area contributed by atoms with E-state index < -0.39 is 9.05 Å². The molecule has 0 saturated heterocycles. The number of rotatable bonds is 1. The van der Waals surface area contributed by atoms with Gasteiger partial charge in [-0.1, -0.05) is 11.6 Å². The van der Waals surface area contributed by atoms with Crippen LogP contribution in [0.4, 0.5) is 0 Å². The van der Waals surface area contributed by atoms with Crippen molar-refractivity contribution in [3.63, 3.8) is 0 Å². The number of aryl methyl sites for hydroxylation is 1. The first-order valence-electron chi connectivity index (χ1n) is 2.98. The Labute approximate surface area is 79.8 Å². The summed E-state index contributed by atoms with van der Waals surface area (Å²) in [5.41, 5.74) is 0.582. The second kappa shape index (κ2) is 3.20. The first-order valence-corrected chi connectivity index (χ1v) is 5.67. The summed E-state index contributed by atoms with van der Waals surface area (Å²) in [6, 6.07) is 1.37. The Morgan fingerprint density at radius 1 is 1.50 bits per heavy atom. The van der Waals surface area contributed by atoms with Crippen LogP contribution in [0, 0.1) is 6.92 Å². The van der Waals surface area contributed by atoms with Gasteiger partial charge in [-0.3, -0.25) is 0 Å². The summed E-state index contributed by atoms with van der Waals surface area (Å²) in [5.74, 6) is 0. The maximum atomic E-state index is 10.8. The third-order valence-corrected chi connectivity index (χ3v) is 2.99. The molecule has 0 radical (unpaired) electrons. The van der Waals surface area contributed by atoms with Crippen molar-refractivity contribution < 1.29 is 8.42 Å². The van der Waals surface area contributed by atoms with Gasteiger partial charge in [0, 0.05) is 16.9 Å². The van der Waals surface area contributed by atoms with Crippen LogP contribution in [0.1, 0.15) is 5.56 Å². The van der Waals surface area contributed by atoms with Crippen molar-refractivity contribution >= 4 is 31.3 Å². The van der Waals surface area contributed by atoms with E-state index in [2.05, 4.69) is 4.98 Å². The summed E-state index contributed by atoms with van der Waals surface area (Å²) in [6.45, 7) is 1.65. The Morgan fingerprint density at radius 3 is 2.50 bits per heavy atom. The van der Waals surface area contributed by atoms with Crippen molar-refractivity contribution in [1.29, 1.82) is 0 Å². The second-order valence-corrected chi connectivity index (χ2v) is 5.14. The van der Waals surface area contributed by atoms with Crippen LogP contribution in [-0.4, -0.2) is 13.4 Å². The lowest BCUT2D eigenvalue weighted by molar-refractivity contribution is 0.609. The highest BCUT2D eigenvalue weighted by molar-refractivity contribution is 8.13. The van der Waals surface area contributed by atoms with E-state index in [4.69, 9.17) is 22.3 Å². The number of pyridine rings is 1. The van der Waals surface area contributed by atoms with Crippen molar-refractivity contribution in [1.82, 2.24) is 4.98 Å². The van der Waals surface area contributed by atoms with Gasteiger partial charge >= 0.3 is 0 Å². The molecule has 0 unspecified atom stereocenters. The van der Waals surface area contributed by atoms with Crippen LogP contribution in [0.25, 0.3) is 0 Å². The van der Waals surface area contributed by atoms with Crippen LogP contribution in [0.5, 0.6) is 0 Å². The molecule has 0 atom stereocenters. The number of hydrogen-bond acceptors (Lipinski definition) is 3. The fourth-order valence-electron chi connectivity index (χ4n) is 0.666. The van der Waals surface area contributed by atoms with Gasteiger partial charge in [0.2, 0.25) is 0 Å². The van der Waals surface area contributed by atoms with Gasteiger partial charge in [0.25, 0.3) is 9.05 Å². The minimum absolute atomic E-state index is 0.0360. The molecule has 1 heterocycles. The zero-order valence-electron chi connectivity index (χ0n) is 6.08. The van der Waals surface area contributed by atoms with Gasteiger partial charge in [-0.25, -0.2) is 13.4 Å². The molecular formula is C6H5Cl2NO2S. The minimum Gasteiger partial charge on any atom is -0.243 e. The molecule has 1 aromatic rings. The van der Waals surface area contributed by atoms with Gasteiger partial charge in [0.1, 0.15) is 10.0 Å². The molecular weight excluding hydrogens is 221 g/mol. The number of halogens is 2. The van der Waals surface area contributed by atoms with Crippen LogP contribution < -0.4 is 0 Å². The number of nitrogens with zero attached hydrogens (tertiary/aromatic N) is 1. The van der Waals surface area contributed by atoms with Gasteiger partial charge in [0.15, 0.2) is 0 Å². The molecule has 6 heteroatoms. The average molecular weight is 226 g/mol. The van der Waals surface area contributed by atoms with Crippen LogP contribution in [0.2, 0.25) is 5.15 Å². The monoisotopic (exact) mass is 225 g/mol. The summed E-state index contributed by atoms with van der Waals surface area (Å²) in [7, 11) is 1.38. The Morgan fingerprint density at radius 2 is 2.08 bits per heavy atom. The zero-order valence-corrected chi connectivity index (χ0v) is 8.41. The fraction of sp³-hybridized carbons (Fsp3) is 0.167. The van der Waals surface area contributed by atoms with Gasteiger partial charge in [-0.15, -0.1) is 0 Å². The predicted molar refractivity (Wildman–Crippen MR) is 47.0 cm³/mol. The van der Waals surface area contributed by atoms with Gasteiger partial charge in [0.05, 0.1) is 0 Å². The minimum atomic E-state index is -3.69. The summed E-state index contributed by atoms with van der Waals surface area (Å²) >= 11 is 5.58. The highest BCUT2D eigenvalue weighted by Crippen LogP contribution is 2.18. The lowest BCUT2D eigenvalue weighted by atomic mass is 10.3. The van der Waals surface area contributed by atoms with Crippen LogP contribution >= 0.6 is 22.3 Å². The van der Waals surface area contributed by atoms with Crippen LogP contribution in [0.15, 0.2) is 17.2 Å². The maximum absolute atomic E-state index is 10.8. The Bertz CT molecular complexity index is 402. The Balaban J connectivity index is 3.33. The second-order valence-electron chi connectivity index (χ2n) is 2.22. The topological polar surface area (TPSA) is 47.0 Å². The fourth-order valence-corrected chi connectivity index (χ4v) is 1.52. The van der Waals surface area contributed by atoms with Crippen molar-refractivity contribution in [2.75, 3.05) is 0 Å². The van der Waals surface area contributed by atoms with Gasteiger partial charge < -0.3 is 0 Å². The van der Waals surface area contributed by atoms with Gasteiger partial charge in [-0.05, 0) is 18.6 Å². The molecule has 0 N–H and O–H groups in total. The van der Waals surface area contributed by atoms with E-state index in [1.807, 2.05) is 0 Å². The maximum Gasteiger partial charge on any atom is 0.262 e. The van der Waals surface area contributed by atoms with Gasteiger partial charge in [-0.2, -0.15) is 0 Å². The molecule has 0 saturated carbocycles. The van der Waals surface area contributed by atoms with E-state index in [1.54, 1.807) is 6.92 Å². The molecule has 0 aliphatic rings. The van der Waals surface area contributed by atoms with Crippen molar-refractivity contribution in [3.8, 4) is 0 Å². The van der Waals surface area contributed by atoms with Crippen molar-refractivity contribution in [2.45, 2.75) is 11.8 Å². The lowest BCUT2D eigenvalue weighted by Gasteiger charge is -1.98. The van der Waals surface area contributed by atoms with E-state index in [0.717, 1.165) is 6.20 Å². The normalized spacial score (nSPS) is 11.6. The largest absolute Gasteiger partial charge is 0.262 e. The highest BCUT2D eigenvalue weighted by Gasteiger charge is 2.11. The van der Waals surface area contributed by atoms with E-state index in [-0.39, 0.29) is 10.0 Å². The molecule has 0 aromatic carbocycles. The smallest absolute Gasteiger partial charge is 0.243 e. The summed E-state index contributed by atoms with van der Waals surface area (Å²) in [6.07, 6.45) is 1.12. The molecule has 1 aromatic heterocycles. The molecule has 1 rings (SSSR count). The molecule has 0 aliphatic heterocycles. The SMILES string of the molecule is Cc1cc(S(=O)(=O)Cl)cnc1Cl. The van der Waals surface area contributed by atoms with E-state index in [1.165, 1.54) is 6.07 Å². The van der Waals surface area contributed by atoms with E-state index in [9.17, 15) is 8.42 Å². The first-order chi connectivity index (χ1) is 5.41. The molecule has 0 amide bonds. The molecule has 12 heavy (non-hydrogen) atoms. The third kappa shape index (κ3) is 2.09. The lowest BCUT2D eigenvalue weighted by Crippen LogP contribution is -1.93. The molecule has 0 aliphatic carbocycles. The highest BCUT2D eigenvalue weighted by atomic mass is 35.7. The molecule has 0 spiro atoms. The third-order valence-electron chi connectivity index (χ3n) is 1.27. The van der Waals surface area contributed by atoms with Crippen molar-refractivity contribution in [3.05, 3.63) is 23.0 Å².